The first-order valence-electron chi connectivity index (χ1n) is 2.70. The van der Waals surface area contributed by atoms with E-state index in [2.05, 4.69) is 12.2 Å². The Balaban J connectivity index is 0. The lowest BCUT2D eigenvalue weighted by Gasteiger charge is -2.13. The Kier molecular flexibility index (Phi) is 5.88. The van der Waals surface area contributed by atoms with Gasteiger partial charge in [-0.2, -0.15) is 0 Å². The number of rotatable bonds is 0. The van der Waals surface area contributed by atoms with Crippen LogP contribution < -0.4 is 11.1 Å². The van der Waals surface area contributed by atoms with Gasteiger partial charge in [0.05, 0.1) is 0 Å². The van der Waals surface area contributed by atoms with Crippen LogP contribution in [0.5, 0.6) is 0 Å². The summed E-state index contributed by atoms with van der Waals surface area (Å²) < 4.78 is 0. The first-order chi connectivity index (χ1) is 3.21. The van der Waals surface area contributed by atoms with Crippen LogP contribution in [0.3, 0.4) is 0 Å². The van der Waals surface area contributed by atoms with Gasteiger partial charge in [0.2, 0.25) is 0 Å². The monoisotopic (exact) mass is 172 g/mol. The van der Waals surface area contributed by atoms with Crippen molar-refractivity contribution in [2.45, 2.75) is 18.9 Å². The highest BCUT2D eigenvalue weighted by molar-refractivity contribution is 5.85. The maximum atomic E-state index is 5.72. The van der Waals surface area contributed by atoms with Gasteiger partial charge in [0.1, 0.15) is 0 Å². The molecule has 0 bridgehead atoms. The summed E-state index contributed by atoms with van der Waals surface area (Å²) in [5.41, 5.74) is 5.80. The van der Waals surface area contributed by atoms with Gasteiger partial charge in [-0.15, -0.1) is 24.8 Å². The fourth-order valence-electron chi connectivity index (χ4n) is 0.836. The highest BCUT2D eigenvalue weighted by atomic mass is 35.5. The fraction of sp³-hybridized carbons (Fsp3) is 1.00. The quantitative estimate of drug-likeness (QED) is 0.561. The molecule has 0 radical (unpaired) electrons. The standard InChI is InChI=1S/C5H12N2.2ClH/c1-5(6)2-3-7-4-5;;/h7H,2-4,6H2,1H3;2*1H/t5-;;/m0../s1. The molecule has 58 valence electrons. The van der Waals surface area contributed by atoms with Crippen LogP contribution in [-0.2, 0) is 0 Å². The third-order valence-electron chi connectivity index (χ3n) is 1.40. The lowest BCUT2D eigenvalue weighted by molar-refractivity contribution is 0.519. The second kappa shape index (κ2) is 4.34. The summed E-state index contributed by atoms with van der Waals surface area (Å²) in [6.07, 6.45) is 1.12. The predicted octanol–water partition coefficient (Wildman–Crippen LogP) is 0.541. The van der Waals surface area contributed by atoms with Crippen LogP contribution >= 0.6 is 24.8 Å². The van der Waals surface area contributed by atoms with Gasteiger partial charge in [0, 0.05) is 12.1 Å². The zero-order chi connectivity index (χ0) is 5.33. The molecule has 1 aliphatic heterocycles. The Morgan fingerprint density at radius 2 is 2.00 bits per heavy atom. The van der Waals surface area contributed by atoms with Gasteiger partial charge in [-0.1, -0.05) is 0 Å². The molecule has 1 saturated heterocycles. The molecule has 9 heavy (non-hydrogen) atoms. The highest BCUT2D eigenvalue weighted by Crippen LogP contribution is 2.07. The minimum absolute atomic E-state index is 0. The SMILES string of the molecule is C[C@]1(N)CCNC1.Cl.Cl. The summed E-state index contributed by atoms with van der Waals surface area (Å²) in [6.45, 7) is 4.15. The minimum Gasteiger partial charge on any atom is -0.324 e. The number of hydrogen-bond acceptors (Lipinski definition) is 2. The molecule has 0 amide bonds. The molecule has 1 heterocycles. The molecule has 2 nitrogen and oxygen atoms in total. The van der Waals surface area contributed by atoms with E-state index in [-0.39, 0.29) is 30.4 Å². The van der Waals surface area contributed by atoms with Gasteiger partial charge in [-0.25, -0.2) is 0 Å². The van der Waals surface area contributed by atoms with Crippen molar-refractivity contribution >= 4 is 24.8 Å². The van der Waals surface area contributed by atoms with Crippen LogP contribution in [0.1, 0.15) is 13.3 Å². The first-order valence-corrected chi connectivity index (χ1v) is 2.70. The van der Waals surface area contributed by atoms with Gasteiger partial charge in [-0.3, -0.25) is 0 Å². The Hall–Kier alpha value is 0.500. The normalized spacial score (nSPS) is 32.7. The lowest BCUT2D eigenvalue weighted by Crippen LogP contribution is -2.37. The van der Waals surface area contributed by atoms with Crippen molar-refractivity contribution in [1.82, 2.24) is 5.32 Å². The third-order valence-corrected chi connectivity index (χ3v) is 1.40. The molecule has 1 rings (SSSR count). The van der Waals surface area contributed by atoms with E-state index in [0.717, 1.165) is 19.5 Å². The second-order valence-corrected chi connectivity index (χ2v) is 2.58. The van der Waals surface area contributed by atoms with E-state index in [1.54, 1.807) is 0 Å². The molecule has 0 spiro atoms. The smallest absolute Gasteiger partial charge is 0.0264 e. The van der Waals surface area contributed by atoms with Gasteiger partial charge in [0.25, 0.3) is 0 Å². The molecule has 0 aromatic rings. The van der Waals surface area contributed by atoms with E-state index in [4.69, 9.17) is 5.73 Å². The summed E-state index contributed by atoms with van der Waals surface area (Å²) in [6, 6.07) is 0. The Morgan fingerprint density at radius 3 is 2.11 bits per heavy atom. The van der Waals surface area contributed by atoms with Crippen LogP contribution in [0.4, 0.5) is 0 Å². The van der Waals surface area contributed by atoms with Crippen LogP contribution in [0.2, 0.25) is 0 Å². The third kappa shape index (κ3) is 3.98. The Bertz CT molecular complexity index is 67.4. The lowest BCUT2D eigenvalue weighted by atomic mass is 10.0. The summed E-state index contributed by atoms with van der Waals surface area (Å²) in [5.74, 6) is 0. The molecule has 4 heteroatoms. The Morgan fingerprint density at radius 1 is 1.44 bits per heavy atom. The maximum absolute atomic E-state index is 5.72. The molecule has 1 atom stereocenters. The Labute approximate surface area is 68.4 Å². The van der Waals surface area contributed by atoms with Crippen LogP contribution in [0.15, 0.2) is 0 Å². The fourth-order valence-corrected chi connectivity index (χ4v) is 0.836. The number of nitrogens with two attached hydrogens (primary N) is 1. The zero-order valence-electron chi connectivity index (χ0n) is 5.52. The second-order valence-electron chi connectivity index (χ2n) is 2.58. The van der Waals surface area contributed by atoms with Crippen molar-refractivity contribution < 1.29 is 0 Å². The molecular formula is C5H14Cl2N2. The van der Waals surface area contributed by atoms with Gasteiger partial charge < -0.3 is 11.1 Å². The summed E-state index contributed by atoms with van der Waals surface area (Å²) in [7, 11) is 0. The van der Waals surface area contributed by atoms with E-state index in [1.807, 2.05) is 0 Å². The topological polar surface area (TPSA) is 38.0 Å². The van der Waals surface area contributed by atoms with Crippen molar-refractivity contribution in [2.75, 3.05) is 13.1 Å². The average Bonchev–Trinajstić information content (AvgIpc) is 1.84. The molecule has 0 aromatic carbocycles. The minimum atomic E-state index is 0. The summed E-state index contributed by atoms with van der Waals surface area (Å²) in [4.78, 5) is 0. The summed E-state index contributed by atoms with van der Waals surface area (Å²) >= 11 is 0. The van der Waals surface area contributed by atoms with Crippen molar-refractivity contribution in [3.05, 3.63) is 0 Å². The van der Waals surface area contributed by atoms with Crippen molar-refractivity contribution in [2.24, 2.45) is 5.73 Å². The number of halogens is 2. The molecule has 1 fully saturated rings. The molecule has 0 aliphatic carbocycles. The number of nitrogens with one attached hydrogen (secondary N) is 1. The molecular weight excluding hydrogens is 159 g/mol. The van der Waals surface area contributed by atoms with Crippen molar-refractivity contribution in [3.63, 3.8) is 0 Å². The van der Waals surface area contributed by atoms with E-state index in [0.29, 0.717) is 0 Å². The van der Waals surface area contributed by atoms with E-state index < -0.39 is 0 Å². The number of hydrogen-bond donors (Lipinski definition) is 2. The van der Waals surface area contributed by atoms with Crippen LogP contribution in [-0.4, -0.2) is 18.6 Å². The van der Waals surface area contributed by atoms with Crippen LogP contribution in [0.25, 0.3) is 0 Å². The van der Waals surface area contributed by atoms with Crippen molar-refractivity contribution in [1.29, 1.82) is 0 Å². The zero-order valence-corrected chi connectivity index (χ0v) is 7.15. The largest absolute Gasteiger partial charge is 0.324 e. The van der Waals surface area contributed by atoms with Gasteiger partial charge in [-0.05, 0) is 19.9 Å². The van der Waals surface area contributed by atoms with Crippen LogP contribution in [0, 0.1) is 0 Å². The summed E-state index contributed by atoms with van der Waals surface area (Å²) in [5, 5.41) is 3.19. The van der Waals surface area contributed by atoms with E-state index >= 15 is 0 Å². The molecule has 0 unspecified atom stereocenters. The molecule has 3 N–H and O–H groups in total. The van der Waals surface area contributed by atoms with Gasteiger partial charge >= 0.3 is 0 Å². The molecule has 1 aliphatic rings. The van der Waals surface area contributed by atoms with Crippen molar-refractivity contribution in [3.8, 4) is 0 Å². The molecule has 0 aromatic heterocycles. The van der Waals surface area contributed by atoms with Gasteiger partial charge in [0.15, 0.2) is 0 Å². The highest BCUT2D eigenvalue weighted by Gasteiger charge is 2.22. The maximum Gasteiger partial charge on any atom is 0.0264 e. The molecule has 0 saturated carbocycles. The first kappa shape index (κ1) is 12.2. The average molecular weight is 173 g/mol. The van der Waals surface area contributed by atoms with E-state index in [9.17, 15) is 0 Å². The van der Waals surface area contributed by atoms with E-state index in [1.165, 1.54) is 0 Å². The predicted molar refractivity (Wildman–Crippen MR) is 44.6 cm³/mol.